The summed E-state index contributed by atoms with van der Waals surface area (Å²) in [5.74, 6) is 0.222. The van der Waals surface area contributed by atoms with Crippen LogP contribution in [0.4, 0.5) is 24.7 Å². The minimum atomic E-state index is -4.39. The van der Waals surface area contributed by atoms with E-state index >= 15 is 0 Å². The topological polar surface area (TPSA) is 94.5 Å². The summed E-state index contributed by atoms with van der Waals surface area (Å²) in [7, 11) is 0. The first-order valence-corrected chi connectivity index (χ1v) is 10.1. The number of benzene rings is 1. The van der Waals surface area contributed by atoms with Gasteiger partial charge in [0, 0.05) is 31.9 Å². The Bertz CT molecular complexity index is 1210. The zero-order valence-electron chi connectivity index (χ0n) is 17.5. The standard InChI is InChI=1S/C21H22F3N5O3/c1-12-17-13(2)32-20(18(17)19(31)27-26-12)25-16(30)11-28-6-8-29(9-7-28)15-5-3-4-14(10-15)21(22,23)24/h3-5,10H,6-9,11H2,1-2H3,(H,25,30)(H,27,31). The molecule has 1 saturated heterocycles. The van der Waals surface area contributed by atoms with Crippen LogP contribution in [0.2, 0.25) is 0 Å². The first-order valence-electron chi connectivity index (χ1n) is 10.1. The largest absolute Gasteiger partial charge is 0.444 e. The Morgan fingerprint density at radius 2 is 1.91 bits per heavy atom. The number of nitrogens with one attached hydrogen (secondary N) is 2. The first-order chi connectivity index (χ1) is 15.1. The van der Waals surface area contributed by atoms with E-state index in [-0.39, 0.29) is 23.7 Å². The number of piperazine rings is 1. The van der Waals surface area contributed by atoms with Crippen LogP contribution >= 0.6 is 0 Å². The van der Waals surface area contributed by atoms with Crippen LogP contribution in [0.5, 0.6) is 0 Å². The van der Waals surface area contributed by atoms with E-state index in [0.717, 1.165) is 12.1 Å². The maximum Gasteiger partial charge on any atom is 0.416 e. The Hall–Kier alpha value is -3.34. The molecule has 3 aromatic rings. The van der Waals surface area contributed by atoms with Gasteiger partial charge in [0.05, 0.1) is 23.2 Å². The van der Waals surface area contributed by atoms with Crippen molar-refractivity contribution >= 4 is 28.3 Å². The highest BCUT2D eigenvalue weighted by Crippen LogP contribution is 2.32. The van der Waals surface area contributed by atoms with E-state index in [1.54, 1.807) is 19.9 Å². The summed E-state index contributed by atoms with van der Waals surface area (Å²) in [6, 6.07) is 5.23. The van der Waals surface area contributed by atoms with Gasteiger partial charge in [-0.05, 0) is 32.0 Å². The minimum absolute atomic E-state index is 0.0691. The SMILES string of the molecule is Cc1n[nH]c(=O)c2c(NC(=O)CN3CCN(c4cccc(C(F)(F)F)c4)CC3)oc(C)c12. The second-order valence-corrected chi connectivity index (χ2v) is 7.73. The van der Waals surface area contributed by atoms with E-state index < -0.39 is 17.3 Å². The molecule has 1 aliphatic rings. The van der Waals surface area contributed by atoms with Gasteiger partial charge in [-0.15, -0.1) is 0 Å². The summed E-state index contributed by atoms with van der Waals surface area (Å²) >= 11 is 0. The van der Waals surface area contributed by atoms with Crippen LogP contribution in [-0.2, 0) is 11.0 Å². The van der Waals surface area contributed by atoms with Crippen LogP contribution in [0.25, 0.3) is 10.8 Å². The van der Waals surface area contributed by atoms with Gasteiger partial charge >= 0.3 is 6.18 Å². The average molecular weight is 449 g/mol. The third-order valence-corrected chi connectivity index (χ3v) is 5.53. The molecule has 0 atom stereocenters. The highest BCUT2D eigenvalue weighted by Gasteiger charge is 2.31. The lowest BCUT2D eigenvalue weighted by Gasteiger charge is -2.35. The second-order valence-electron chi connectivity index (χ2n) is 7.73. The number of carbonyl (C=O) groups excluding carboxylic acids is 1. The molecule has 0 bridgehead atoms. The van der Waals surface area contributed by atoms with E-state index in [1.165, 1.54) is 6.07 Å². The van der Waals surface area contributed by atoms with Crippen molar-refractivity contribution in [2.75, 3.05) is 42.9 Å². The minimum Gasteiger partial charge on any atom is -0.444 e. The molecule has 1 amide bonds. The summed E-state index contributed by atoms with van der Waals surface area (Å²) in [6.45, 7) is 5.48. The second kappa shape index (κ2) is 8.30. The number of carbonyl (C=O) groups is 1. The van der Waals surface area contributed by atoms with Gasteiger partial charge in [0.25, 0.3) is 5.56 Å². The number of aromatic nitrogens is 2. The molecule has 3 heterocycles. The number of hydrogen-bond acceptors (Lipinski definition) is 6. The number of furan rings is 1. The number of rotatable bonds is 4. The fourth-order valence-corrected chi connectivity index (χ4v) is 3.94. The van der Waals surface area contributed by atoms with E-state index in [9.17, 15) is 22.8 Å². The zero-order valence-corrected chi connectivity index (χ0v) is 17.5. The monoisotopic (exact) mass is 449 g/mol. The number of H-pyrrole nitrogens is 1. The highest BCUT2D eigenvalue weighted by molar-refractivity contribution is 6.01. The normalized spacial score (nSPS) is 15.3. The lowest BCUT2D eigenvalue weighted by Crippen LogP contribution is -2.48. The third kappa shape index (κ3) is 4.33. The molecular formula is C21H22F3N5O3. The maximum atomic E-state index is 13.0. The zero-order chi connectivity index (χ0) is 23.0. The summed E-state index contributed by atoms with van der Waals surface area (Å²) in [6.07, 6.45) is -4.39. The first kappa shape index (κ1) is 21.9. The van der Waals surface area contributed by atoms with E-state index in [0.29, 0.717) is 48.7 Å². The lowest BCUT2D eigenvalue weighted by molar-refractivity contribution is -0.137. The quantitative estimate of drug-likeness (QED) is 0.636. The van der Waals surface area contributed by atoms with E-state index in [2.05, 4.69) is 15.5 Å². The van der Waals surface area contributed by atoms with Gasteiger partial charge in [0.1, 0.15) is 11.1 Å². The molecule has 0 saturated carbocycles. The van der Waals surface area contributed by atoms with Crippen LogP contribution in [0.15, 0.2) is 33.5 Å². The number of aromatic amines is 1. The highest BCUT2D eigenvalue weighted by atomic mass is 19.4. The summed E-state index contributed by atoms with van der Waals surface area (Å²) in [5.41, 5.74) is -0.0395. The Morgan fingerprint density at radius 3 is 2.59 bits per heavy atom. The van der Waals surface area contributed by atoms with Crippen LogP contribution in [0.3, 0.4) is 0 Å². The van der Waals surface area contributed by atoms with E-state index in [1.807, 2.05) is 9.80 Å². The number of amides is 1. The van der Waals surface area contributed by atoms with Crippen molar-refractivity contribution in [1.82, 2.24) is 15.1 Å². The molecule has 170 valence electrons. The number of nitrogens with zero attached hydrogens (tertiary/aromatic N) is 3. The van der Waals surface area contributed by atoms with Crippen LogP contribution in [0, 0.1) is 13.8 Å². The molecule has 2 N–H and O–H groups in total. The molecule has 0 unspecified atom stereocenters. The molecule has 1 aromatic carbocycles. The van der Waals surface area contributed by atoms with Gasteiger partial charge < -0.3 is 9.32 Å². The van der Waals surface area contributed by atoms with Gasteiger partial charge in [0.2, 0.25) is 11.8 Å². The molecule has 32 heavy (non-hydrogen) atoms. The Labute approximate surface area is 181 Å². The number of fused-ring (bicyclic) bond motifs is 1. The molecular weight excluding hydrogens is 427 g/mol. The van der Waals surface area contributed by atoms with Crippen molar-refractivity contribution in [3.63, 3.8) is 0 Å². The molecule has 8 nitrogen and oxygen atoms in total. The average Bonchev–Trinajstić information content (AvgIpc) is 3.07. The smallest absolute Gasteiger partial charge is 0.416 e. The van der Waals surface area contributed by atoms with Gasteiger partial charge in [-0.1, -0.05) is 6.07 Å². The van der Waals surface area contributed by atoms with Crippen LogP contribution in [0.1, 0.15) is 17.0 Å². The van der Waals surface area contributed by atoms with Gasteiger partial charge in [-0.2, -0.15) is 18.3 Å². The number of halogens is 3. The third-order valence-electron chi connectivity index (χ3n) is 5.53. The molecule has 0 aliphatic carbocycles. The predicted molar refractivity (Wildman–Crippen MR) is 113 cm³/mol. The fraction of sp³-hybridized carbons (Fsp3) is 0.381. The Kier molecular flexibility index (Phi) is 5.68. The molecule has 0 spiro atoms. The van der Waals surface area contributed by atoms with Crippen molar-refractivity contribution in [3.05, 3.63) is 51.6 Å². The molecule has 0 radical (unpaired) electrons. The number of hydrogen-bond donors (Lipinski definition) is 2. The number of aryl methyl sites for hydroxylation is 2. The number of anilines is 2. The summed E-state index contributed by atoms with van der Waals surface area (Å²) < 4.78 is 44.5. The van der Waals surface area contributed by atoms with E-state index in [4.69, 9.17) is 4.42 Å². The van der Waals surface area contributed by atoms with Crippen molar-refractivity contribution in [3.8, 4) is 0 Å². The van der Waals surface area contributed by atoms with Gasteiger partial charge in [-0.3, -0.25) is 19.8 Å². The Balaban J connectivity index is 1.38. The number of alkyl halides is 3. The van der Waals surface area contributed by atoms with Gasteiger partial charge in [0.15, 0.2) is 0 Å². The van der Waals surface area contributed by atoms with Crippen LogP contribution < -0.4 is 15.8 Å². The van der Waals surface area contributed by atoms with Crippen LogP contribution in [-0.4, -0.2) is 53.7 Å². The lowest BCUT2D eigenvalue weighted by atomic mass is 10.1. The van der Waals surface area contributed by atoms with Gasteiger partial charge in [-0.25, -0.2) is 5.10 Å². The van der Waals surface area contributed by atoms with Crippen molar-refractivity contribution in [1.29, 1.82) is 0 Å². The van der Waals surface area contributed by atoms with Crippen molar-refractivity contribution < 1.29 is 22.4 Å². The predicted octanol–water partition coefficient (Wildman–Crippen LogP) is 2.91. The molecule has 4 rings (SSSR count). The van der Waals surface area contributed by atoms with Crippen molar-refractivity contribution in [2.24, 2.45) is 0 Å². The molecule has 11 heteroatoms. The summed E-state index contributed by atoms with van der Waals surface area (Å²) in [4.78, 5) is 28.5. The molecule has 1 fully saturated rings. The fourth-order valence-electron chi connectivity index (χ4n) is 3.94. The summed E-state index contributed by atoms with van der Waals surface area (Å²) in [5, 5.41) is 9.77. The Morgan fingerprint density at radius 1 is 1.19 bits per heavy atom. The molecule has 2 aromatic heterocycles. The maximum absolute atomic E-state index is 13.0. The molecule has 1 aliphatic heterocycles. The van der Waals surface area contributed by atoms with Crippen molar-refractivity contribution in [2.45, 2.75) is 20.0 Å².